The minimum atomic E-state index is -3.81. The van der Waals surface area contributed by atoms with Crippen LogP contribution >= 0.6 is 0 Å². The standard InChI is InChI=1S/C9H18O5S/c10-9(11)7-5-3-1-2-4-6-8-15(12,13)14/h1-8H2,(H,10,11)(H,12,13,14). The van der Waals surface area contributed by atoms with Gasteiger partial charge in [-0.2, -0.15) is 8.42 Å². The van der Waals surface area contributed by atoms with Crippen molar-refractivity contribution in [1.29, 1.82) is 0 Å². The first-order chi connectivity index (χ1) is 6.92. The fraction of sp³-hybridized carbons (Fsp3) is 0.889. The summed E-state index contributed by atoms with van der Waals surface area (Å²) < 4.78 is 29.1. The molecule has 0 bridgehead atoms. The van der Waals surface area contributed by atoms with Crippen molar-refractivity contribution < 1.29 is 22.9 Å². The molecule has 15 heavy (non-hydrogen) atoms. The number of carbonyl (C=O) groups is 1. The Kier molecular flexibility index (Phi) is 7.33. The van der Waals surface area contributed by atoms with Gasteiger partial charge in [0.2, 0.25) is 0 Å². The maximum absolute atomic E-state index is 10.3. The second-order valence-corrected chi connectivity index (χ2v) is 5.12. The third kappa shape index (κ3) is 13.4. The van der Waals surface area contributed by atoms with Crippen LogP contribution in [0.5, 0.6) is 0 Å². The summed E-state index contributed by atoms with van der Waals surface area (Å²) in [6, 6.07) is 0. The number of unbranched alkanes of at least 4 members (excludes halogenated alkanes) is 5. The Labute approximate surface area is 90.2 Å². The molecule has 0 spiro atoms. The highest BCUT2D eigenvalue weighted by Gasteiger charge is 2.03. The van der Waals surface area contributed by atoms with Gasteiger partial charge in [-0.25, -0.2) is 0 Å². The Balaban J connectivity index is 3.16. The van der Waals surface area contributed by atoms with Crippen LogP contribution in [0.4, 0.5) is 0 Å². The van der Waals surface area contributed by atoms with E-state index in [-0.39, 0.29) is 12.2 Å². The van der Waals surface area contributed by atoms with E-state index in [9.17, 15) is 13.2 Å². The average Bonchev–Trinajstić information content (AvgIpc) is 2.07. The van der Waals surface area contributed by atoms with Gasteiger partial charge in [-0.1, -0.05) is 25.7 Å². The molecule has 90 valence electrons. The lowest BCUT2D eigenvalue weighted by Crippen LogP contribution is -2.03. The molecule has 0 aromatic heterocycles. The maximum Gasteiger partial charge on any atom is 0.303 e. The fourth-order valence-corrected chi connectivity index (χ4v) is 1.84. The van der Waals surface area contributed by atoms with Crippen molar-refractivity contribution in [3.05, 3.63) is 0 Å². The summed E-state index contributed by atoms with van der Waals surface area (Å²) in [6.45, 7) is 0. The summed E-state index contributed by atoms with van der Waals surface area (Å²) >= 11 is 0. The highest BCUT2D eigenvalue weighted by Crippen LogP contribution is 2.07. The highest BCUT2D eigenvalue weighted by molar-refractivity contribution is 7.85. The molecular formula is C9H18O5S. The Hall–Kier alpha value is -0.620. The van der Waals surface area contributed by atoms with Crippen LogP contribution < -0.4 is 0 Å². The Bertz CT molecular complexity index is 270. The zero-order valence-electron chi connectivity index (χ0n) is 8.68. The first-order valence-electron chi connectivity index (χ1n) is 5.09. The first kappa shape index (κ1) is 14.4. The number of hydrogen-bond donors (Lipinski definition) is 2. The number of carboxylic acid groups (broad SMARTS) is 1. The van der Waals surface area contributed by atoms with Crippen molar-refractivity contribution in [2.24, 2.45) is 0 Å². The largest absolute Gasteiger partial charge is 0.481 e. The molecular weight excluding hydrogens is 220 g/mol. The molecule has 0 saturated carbocycles. The molecule has 0 rings (SSSR count). The highest BCUT2D eigenvalue weighted by atomic mass is 32.2. The minimum Gasteiger partial charge on any atom is -0.481 e. The van der Waals surface area contributed by atoms with E-state index < -0.39 is 16.1 Å². The van der Waals surface area contributed by atoms with E-state index >= 15 is 0 Å². The zero-order chi connectivity index (χ0) is 11.7. The summed E-state index contributed by atoms with van der Waals surface area (Å²) in [5, 5.41) is 8.35. The molecule has 0 amide bonds. The van der Waals surface area contributed by atoms with Crippen molar-refractivity contribution in [3.8, 4) is 0 Å². The predicted octanol–water partition coefficient (Wildman–Crippen LogP) is 1.69. The summed E-state index contributed by atoms with van der Waals surface area (Å²) in [6.07, 6.45) is 4.76. The van der Waals surface area contributed by atoms with E-state index in [4.69, 9.17) is 9.66 Å². The molecule has 0 aliphatic heterocycles. The molecule has 0 aromatic carbocycles. The molecule has 0 saturated heterocycles. The van der Waals surface area contributed by atoms with Crippen molar-refractivity contribution in [3.63, 3.8) is 0 Å². The lowest BCUT2D eigenvalue weighted by molar-refractivity contribution is -0.137. The van der Waals surface area contributed by atoms with Gasteiger partial charge in [-0.3, -0.25) is 9.35 Å². The predicted molar refractivity (Wildman–Crippen MR) is 56.4 cm³/mol. The minimum absolute atomic E-state index is 0.178. The van der Waals surface area contributed by atoms with Gasteiger partial charge in [-0.05, 0) is 12.8 Å². The van der Waals surface area contributed by atoms with Crippen LogP contribution in [0.3, 0.4) is 0 Å². The topological polar surface area (TPSA) is 91.7 Å². The first-order valence-corrected chi connectivity index (χ1v) is 6.70. The molecule has 0 aliphatic carbocycles. The third-order valence-electron chi connectivity index (χ3n) is 2.04. The van der Waals surface area contributed by atoms with Crippen LogP contribution in [0, 0.1) is 0 Å². The van der Waals surface area contributed by atoms with Gasteiger partial charge < -0.3 is 5.11 Å². The molecule has 0 radical (unpaired) electrons. The average molecular weight is 238 g/mol. The van der Waals surface area contributed by atoms with Crippen LogP contribution in [-0.2, 0) is 14.9 Å². The van der Waals surface area contributed by atoms with Crippen molar-refractivity contribution in [2.75, 3.05) is 5.75 Å². The van der Waals surface area contributed by atoms with Crippen molar-refractivity contribution >= 4 is 16.1 Å². The summed E-state index contributed by atoms with van der Waals surface area (Å²) in [7, 11) is -3.81. The van der Waals surface area contributed by atoms with Gasteiger partial charge in [-0.15, -0.1) is 0 Å². The monoisotopic (exact) mass is 238 g/mol. The van der Waals surface area contributed by atoms with Crippen LogP contribution in [0.25, 0.3) is 0 Å². The molecule has 0 fully saturated rings. The van der Waals surface area contributed by atoms with Crippen LogP contribution in [0.2, 0.25) is 0 Å². The van der Waals surface area contributed by atoms with Crippen LogP contribution in [0.1, 0.15) is 44.9 Å². The molecule has 0 heterocycles. The number of aliphatic carboxylic acids is 1. The second kappa shape index (κ2) is 7.64. The number of carboxylic acids is 1. The molecule has 5 nitrogen and oxygen atoms in total. The summed E-state index contributed by atoms with van der Waals surface area (Å²) in [4.78, 5) is 10.2. The van der Waals surface area contributed by atoms with E-state index in [1.165, 1.54) is 0 Å². The quantitative estimate of drug-likeness (QED) is 0.471. The van der Waals surface area contributed by atoms with Crippen LogP contribution in [-0.4, -0.2) is 29.8 Å². The van der Waals surface area contributed by atoms with E-state index in [1.807, 2.05) is 0 Å². The number of hydrogen-bond acceptors (Lipinski definition) is 3. The molecule has 0 aliphatic rings. The molecule has 0 atom stereocenters. The van der Waals surface area contributed by atoms with Gasteiger partial charge in [0.05, 0.1) is 5.75 Å². The Morgan fingerprint density at radius 2 is 1.40 bits per heavy atom. The van der Waals surface area contributed by atoms with Gasteiger partial charge in [0, 0.05) is 6.42 Å². The van der Waals surface area contributed by atoms with Gasteiger partial charge in [0.25, 0.3) is 10.1 Å². The van der Waals surface area contributed by atoms with E-state index in [0.29, 0.717) is 12.8 Å². The molecule has 0 unspecified atom stereocenters. The SMILES string of the molecule is O=C(O)CCCCCCCCS(=O)(=O)O. The maximum atomic E-state index is 10.3. The Morgan fingerprint density at radius 3 is 1.87 bits per heavy atom. The molecule has 2 N–H and O–H groups in total. The second-order valence-electron chi connectivity index (χ2n) is 3.55. The molecule has 6 heteroatoms. The Morgan fingerprint density at radius 1 is 0.933 bits per heavy atom. The van der Waals surface area contributed by atoms with Gasteiger partial charge in [0.1, 0.15) is 0 Å². The lowest BCUT2D eigenvalue weighted by Gasteiger charge is -1.99. The van der Waals surface area contributed by atoms with E-state index in [2.05, 4.69) is 0 Å². The summed E-state index contributed by atoms with van der Waals surface area (Å²) in [5.74, 6) is -0.955. The zero-order valence-corrected chi connectivity index (χ0v) is 9.50. The van der Waals surface area contributed by atoms with Gasteiger partial charge in [0.15, 0.2) is 0 Å². The van der Waals surface area contributed by atoms with Crippen molar-refractivity contribution in [1.82, 2.24) is 0 Å². The summed E-state index contributed by atoms with van der Waals surface area (Å²) in [5.41, 5.74) is 0. The van der Waals surface area contributed by atoms with E-state index in [0.717, 1.165) is 25.7 Å². The van der Waals surface area contributed by atoms with Gasteiger partial charge >= 0.3 is 5.97 Å². The van der Waals surface area contributed by atoms with Crippen LogP contribution in [0.15, 0.2) is 0 Å². The van der Waals surface area contributed by atoms with E-state index in [1.54, 1.807) is 0 Å². The van der Waals surface area contributed by atoms with Crippen molar-refractivity contribution in [2.45, 2.75) is 44.9 Å². The molecule has 0 aromatic rings. The fourth-order valence-electron chi connectivity index (χ4n) is 1.27. The normalized spacial score (nSPS) is 11.5. The smallest absolute Gasteiger partial charge is 0.303 e. The lowest BCUT2D eigenvalue weighted by atomic mass is 10.1. The third-order valence-corrected chi connectivity index (χ3v) is 2.85. The number of rotatable bonds is 9.